The zero-order valence-corrected chi connectivity index (χ0v) is 15.4. The van der Waals surface area contributed by atoms with E-state index in [1.165, 1.54) is 17.7 Å². The van der Waals surface area contributed by atoms with Gasteiger partial charge < -0.3 is 19.8 Å². The molecule has 1 saturated heterocycles. The zero-order chi connectivity index (χ0) is 18.4. The maximum Gasteiger partial charge on any atom is 0.323 e. The van der Waals surface area contributed by atoms with Crippen LogP contribution in [-0.2, 0) is 14.4 Å². The van der Waals surface area contributed by atoms with Crippen molar-refractivity contribution in [2.45, 2.75) is 51.0 Å². The summed E-state index contributed by atoms with van der Waals surface area (Å²) < 4.78 is 0. The van der Waals surface area contributed by atoms with Crippen LogP contribution in [0.1, 0.15) is 44.9 Å². The second-order valence-electron chi connectivity index (χ2n) is 7.55. The molecule has 1 unspecified atom stereocenters. The second kappa shape index (κ2) is 9.17. The first kappa shape index (κ1) is 19.7. The number of hydrogen-bond acceptors (Lipinski definition) is 4. The van der Waals surface area contributed by atoms with Gasteiger partial charge in [-0.3, -0.25) is 14.4 Å². The van der Waals surface area contributed by atoms with Crippen LogP contribution in [0.3, 0.4) is 0 Å². The highest BCUT2D eigenvalue weighted by atomic mass is 16.4. The van der Waals surface area contributed by atoms with Crippen LogP contribution in [0.4, 0.5) is 0 Å². The Morgan fingerprint density at radius 2 is 1.76 bits per heavy atom. The van der Waals surface area contributed by atoms with Gasteiger partial charge in [0.25, 0.3) is 0 Å². The van der Waals surface area contributed by atoms with Gasteiger partial charge in [-0.15, -0.1) is 0 Å². The van der Waals surface area contributed by atoms with Crippen molar-refractivity contribution in [2.24, 2.45) is 5.92 Å². The molecule has 1 atom stereocenters. The number of rotatable bonds is 7. The van der Waals surface area contributed by atoms with E-state index in [2.05, 4.69) is 0 Å². The Balaban J connectivity index is 1.99. The maximum atomic E-state index is 12.8. The van der Waals surface area contributed by atoms with Gasteiger partial charge in [0, 0.05) is 32.1 Å². The largest absolute Gasteiger partial charge is 0.480 e. The van der Waals surface area contributed by atoms with E-state index in [9.17, 15) is 14.4 Å². The smallest absolute Gasteiger partial charge is 0.323 e. The van der Waals surface area contributed by atoms with Gasteiger partial charge in [-0.1, -0.05) is 25.7 Å². The molecule has 25 heavy (non-hydrogen) atoms. The van der Waals surface area contributed by atoms with Crippen LogP contribution in [-0.4, -0.2) is 83.9 Å². The van der Waals surface area contributed by atoms with Crippen LogP contribution < -0.4 is 0 Å². The molecule has 7 heteroatoms. The highest BCUT2D eigenvalue weighted by Crippen LogP contribution is 2.28. The van der Waals surface area contributed by atoms with Crippen molar-refractivity contribution in [1.82, 2.24) is 14.7 Å². The molecule has 7 nitrogen and oxygen atoms in total. The normalized spacial score (nSPS) is 22.3. The Morgan fingerprint density at radius 1 is 1.12 bits per heavy atom. The summed E-state index contributed by atoms with van der Waals surface area (Å²) in [6.07, 6.45) is 6.98. The third-order valence-corrected chi connectivity index (χ3v) is 5.23. The molecule has 1 aliphatic heterocycles. The Labute approximate surface area is 149 Å². The first-order chi connectivity index (χ1) is 11.9. The molecule has 1 aliphatic carbocycles. The number of aliphatic carboxylic acids is 1. The monoisotopic (exact) mass is 353 g/mol. The fourth-order valence-electron chi connectivity index (χ4n) is 3.83. The van der Waals surface area contributed by atoms with Gasteiger partial charge in [0.1, 0.15) is 6.54 Å². The molecular weight excluding hydrogens is 322 g/mol. The molecule has 2 amide bonds. The molecule has 1 N–H and O–H groups in total. The summed E-state index contributed by atoms with van der Waals surface area (Å²) in [5.74, 6) is -1.57. The fourth-order valence-corrected chi connectivity index (χ4v) is 3.83. The minimum absolute atomic E-state index is 0.0492. The second-order valence-corrected chi connectivity index (χ2v) is 7.55. The van der Waals surface area contributed by atoms with Crippen molar-refractivity contribution in [3.8, 4) is 0 Å². The van der Waals surface area contributed by atoms with E-state index in [1.807, 2.05) is 23.9 Å². The van der Waals surface area contributed by atoms with Crippen molar-refractivity contribution >= 4 is 17.8 Å². The standard InChI is InChI=1S/C18H31N3O4/c1-19(2)9-10-20(13-17(23)24)18(25)14-11-16(22)21(12-14)15-7-5-3-4-6-8-15/h14-15H,3-13H2,1-2H3,(H,23,24). The SMILES string of the molecule is CN(C)CCN(CC(=O)O)C(=O)C1CC(=O)N(C2CCCCCC2)C1. The third kappa shape index (κ3) is 5.70. The number of carboxylic acid groups (broad SMARTS) is 1. The number of likely N-dealkylation sites (tertiary alicyclic amines) is 1. The van der Waals surface area contributed by atoms with E-state index in [0.29, 0.717) is 19.6 Å². The van der Waals surface area contributed by atoms with Crippen LogP contribution >= 0.6 is 0 Å². The maximum absolute atomic E-state index is 12.8. The van der Waals surface area contributed by atoms with E-state index in [1.54, 1.807) is 0 Å². The summed E-state index contributed by atoms with van der Waals surface area (Å²) >= 11 is 0. The first-order valence-corrected chi connectivity index (χ1v) is 9.33. The molecule has 1 saturated carbocycles. The summed E-state index contributed by atoms with van der Waals surface area (Å²) in [6.45, 7) is 1.11. The number of likely N-dealkylation sites (N-methyl/N-ethyl adjacent to an activating group) is 1. The van der Waals surface area contributed by atoms with Gasteiger partial charge in [0.15, 0.2) is 0 Å². The van der Waals surface area contributed by atoms with E-state index in [-0.39, 0.29) is 30.8 Å². The zero-order valence-electron chi connectivity index (χ0n) is 15.4. The lowest BCUT2D eigenvalue weighted by atomic mass is 10.1. The molecule has 2 rings (SSSR count). The van der Waals surface area contributed by atoms with Gasteiger partial charge >= 0.3 is 5.97 Å². The molecule has 0 aromatic heterocycles. The molecule has 2 fully saturated rings. The molecule has 0 bridgehead atoms. The summed E-state index contributed by atoms with van der Waals surface area (Å²) in [5, 5.41) is 9.10. The molecule has 142 valence electrons. The number of carbonyl (C=O) groups is 3. The van der Waals surface area contributed by atoms with Gasteiger partial charge in [-0.05, 0) is 26.9 Å². The predicted molar refractivity (Wildman–Crippen MR) is 94.1 cm³/mol. The molecule has 1 heterocycles. The lowest BCUT2D eigenvalue weighted by Crippen LogP contribution is -2.44. The fraction of sp³-hybridized carbons (Fsp3) is 0.833. The number of carboxylic acids is 1. The van der Waals surface area contributed by atoms with Crippen LogP contribution in [0.25, 0.3) is 0 Å². The van der Waals surface area contributed by atoms with Gasteiger partial charge in [-0.25, -0.2) is 0 Å². The Kier molecular flexibility index (Phi) is 7.23. The number of carbonyl (C=O) groups excluding carboxylic acids is 2. The molecular formula is C18H31N3O4. The molecule has 0 radical (unpaired) electrons. The summed E-state index contributed by atoms with van der Waals surface area (Å²) in [5.41, 5.74) is 0. The average Bonchev–Trinajstić information content (AvgIpc) is 2.76. The first-order valence-electron chi connectivity index (χ1n) is 9.33. The Hall–Kier alpha value is -1.63. The molecule has 0 aromatic rings. The quantitative estimate of drug-likeness (QED) is 0.692. The summed E-state index contributed by atoms with van der Waals surface area (Å²) in [7, 11) is 3.77. The van der Waals surface area contributed by atoms with Crippen LogP contribution in [0.5, 0.6) is 0 Å². The van der Waals surface area contributed by atoms with Crippen molar-refractivity contribution in [1.29, 1.82) is 0 Å². The topological polar surface area (TPSA) is 81.2 Å². The van der Waals surface area contributed by atoms with Gasteiger partial charge in [-0.2, -0.15) is 0 Å². The van der Waals surface area contributed by atoms with Crippen molar-refractivity contribution in [2.75, 3.05) is 40.3 Å². The lowest BCUT2D eigenvalue weighted by molar-refractivity contribution is -0.146. The predicted octanol–water partition coefficient (Wildman–Crippen LogP) is 1.03. The highest BCUT2D eigenvalue weighted by molar-refractivity contribution is 5.90. The van der Waals surface area contributed by atoms with Crippen molar-refractivity contribution in [3.05, 3.63) is 0 Å². The molecule has 0 aromatic carbocycles. The van der Waals surface area contributed by atoms with E-state index in [0.717, 1.165) is 25.7 Å². The van der Waals surface area contributed by atoms with Crippen LogP contribution in [0.15, 0.2) is 0 Å². The minimum Gasteiger partial charge on any atom is -0.480 e. The summed E-state index contributed by atoms with van der Waals surface area (Å²) in [6, 6.07) is 0.252. The summed E-state index contributed by atoms with van der Waals surface area (Å²) in [4.78, 5) is 41.5. The van der Waals surface area contributed by atoms with E-state index >= 15 is 0 Å². The van der Waals surface area contributed by atoms with E-state index in [4.69, 9.17) is 5.11 Å². The Bertz CT molecular complexity index is 487. The number of nitrogens with zero attached hydrogens (tertiary/aromatic N) is 3. The van der Waals surface area contributed by atoms with Gasteiger partial charge in [0.05, 0.1) is 5.92 Å². The van der Waals surface area contributed by atoms with Crippen molar-refractivity contribution < 1.29 is 19.5 Å². The average molecular weight is 353 g/mol. The van der Waals surface area contributed by atoms with Crippen LogP contribution in [0, 0.1) is 5.92 Å². The lowest BCUT2D eigenvalue weighted by Gasteiger charge is -2.28. The third-order valence-electron chi connectivity index (χ3n) is 5.23. The van der Waals surface area contributed by atoms with Crippen LogP contribution in [0.2, 0.25) is 0 Å². The highest BCUT2D eigenvalue weighted by Gasteiger charge is 2.39. The molecule has 2 aliphatic rings. The number of hydrogen-bond donors (Lipinski definition) is 1. The number of amides is 2. The van der Waals surface area contributed by atoms with E-state index < -0.39 is 11.9 Å². The van der Waals surface area contributed by atoms with Gasteiger partial charge in [0.2, 0.25) is 11.8 Å². The Morgan fingerprint density at radius 3 is 2.32 bits per heavy atom. The molecule has 0 spiro atoms. The van der Waals surface area contributed by atoms with Crippen molar-refractivity contribution in [3.63, 3.8) is 0 Å². The minimum atomic E-state index is -1.02.